The summed E-state index contributed by atoms with van der Waals surface area (Å²) < 4.78 is 37.9. The molecule has 0 aliphatic carbocycles. The molecule has 0 radical (unpaired) electrons. The van der Waals surface area contributed by atoms with Crippen molar-refractivity contribution in [3.05, 3.63) is 71.3 Å². The van der Waals surface area contributed by atoms with Gasteiger partial charge in [-0.3, -0.25) is 5.32 Å². The molecule has 0 aliphatic heterocycles. The maximum absolute atomic E-state index is 12.6. The number of nitrogens with one attached hydrogen (secondary N) is 1. The molecule has 0 aliphatic rings. The summed E-state index contributed by atoms with van der Waals surface area (Å²) in [4.78, 5) is 0. The second-order valence-corrected chi connectivity index (χ2v) is 4.55. The zero-order valence-electron chi connectivity index (χ0n) is 11.1. The van der Waals surface area contributed by atoms with Crippen LogP contribution in [0.2, 0.25) is 0 Å². The van der Waals surface area contributed by atoms with Gasteiger partial charge in [0.2, 0.25) is 0 Å². The van der Waals surface area contributed by atoms with E-state index in [9.17, 15) is 13.2 Å². The zero-order valence-corrected chi connectivity index (χ0v) is 11.1. The predicted molar refractivity (Wildman–Crippen MR) is 73.1 cm³/mol. The third-order valence-corrected chi connectivity index (χ3v) is 3.03. The lowest BCUT2D eigenvalue weighted by molar-refractivity contribution is -0.137. The van der Waals surface area contributed by atoms with Crippen molar-refractivity contribution >= 4 is 0 Å². The maximum Gasteiger partial charge on any atom is 0.416 e. The molecule has 0 saturated heterocycles. The molecule has 2 aromatic rings. The number of halogens is 3. The van der Waals surface area contributed by atoms with Crippen molar-refractivity contribution in [3.8, 4) is 6.07 Å². The van der Waals surface area contributed by atoms with Crippen LogP contribution in [-0.4, -0.2) is 0 Å². The van der Waals surface area contributed by atoms with Gasteiger partial charge in [0.15, 0.2) is 0 Å². The van der Waals surface area contributed by atoms with E-state index < -0.39 is 17.8 Å². The Hall–Kier alpha value is -2.32. The predicted octanol–water partition coefficient (Wildman–Crippen LogP) is 4.06. The number of alkyl halides is 3. The second-order valence-electron chi connectivity index (χ2n) is 4.55. The van der Waals surface area contributed by atoms with E-state index in [-0.39, 0.29) is 6.54 Å². The first-order chi connectivity index (χ1) is 10.0. The van der Waals surface area contributed by atoms with Gasteiger partial charge in [-0.25, -0.2) is 0 Å². The Labute approximate surface area is 120 Å². The lowest BCUT2D eigenvalue weighted by atomic mass is 10.1. The summed E-state index contributed by atoms with van der Waals surface area (Å²) in [6, 6.07) is 15.7. The van der Waals surface area contributed by atoms with Crippen LogP contribution < -0.4 is 5.32 Å². The van der Waals surface area contributed by atoms with Gasteiger partial charge in [-0.15, -0.1) is 0 Å². The van der Waals surface area contributed by atoms with Gasteiger partial charge in [0.05, 0.1) is 11.6 Å². The van der Waals surface area contributed by atoms with Crippen molar-refractivity contribution in [1.29, 1.82) is 5.26 Å². The normalized spacial score (nSPS) is 12.7. The summed E-state index contributed by atoms with van der Waals surface area (Å²) in [5, 5.41) is 12.1. The molecule has 2 rings (SSSR count). The van der Waals surface area contributed by atoms with Crippen LogP contribution in [-0.2, 0) is 12.7 Å². The van der Waals surface area contributed by atoms with E-state index >= 15 is 0 Å². The highest BCUT2D eigenvalue weighted by Gasteiger charge is 2.30. The molecule has 108 valence electrons. The van der Waals surface area contributed by atoms with Crippen LogP contribution in [0.5, 0.6) is 0 Å². The fourth-order valence-corrected chi connectivity index (χ4v) is 1.96. The van der Waals surface area contributed by atoms with Crippen LogP contribution >= 0.6 is 0 Å². The largest absolute Gasteiger partial charge is 0.416 e. The number of nitriles is 1. The number of hydrogen-bond acceptors (Lipinski definition) is 2. The van der Waals surface area contributed by atoms with Crippen molar-refractivity contribution in [1.82, 2.24) is 5.32 Å². The monoisotopic (exact) mass is 290 g/mol. The van der Waals surface area contributed by atoms with Crippen molar-refractivity contribution in [2.24, 2.45) is 0 Å². The highest BCUT2D eigenvalue weighted by Crippen LogP contribution is 2.29. The smallest absolute Gasteiger partial charge is 0.294 e. The Bertz CT molecular complexity index is 630. The highest BCUT2D eigenvalue weighted by molar-refractivity contribution is 5.27. The Kier molecular flexibility index (Phi) is 4.61. The molecule has 2 aromatic carbocycles. The molecule has 1 atom stereocenters. The van der Waals surface area contributed by atoms with E-state index in [1.807, 2.05) is 18.2 Å². The van der Waals surface area contributed by atoms with E-state index in [1.54, 1.807) is 18.2 Å². The van der Waals surface area contributed by atoms with Crippen molar-refractivity contribution < 1.29 is 13.2 Å². The molecule has 2 nitrogen and oxygen atoms in total. The molecule has 1 unspecified atom stereocenters. The SMILES string of the molecule is N#CC(NCc1cccc(C(F)(F)F)c1)c1ccccc1. The molecule has 5 heteroatoms. The average Bonchev–Trinajstić information content (AvgIpc) is 2.48. The van der Waals surface area contributed by atoms with Crippen LogP contribution in [0.3, 0.4) is 0 Å². The molecule has 0 heterocycles. The van der Waals surface area contributed by atoms with Gasteiger partial charge in [-0.05, 0) is 17.2 Å². The van der Waals surface area contributed by atoms with Gasteiger partial charge in [0.25, 0.3) is 0 Å². The third-order valence-electron chi connectivity index (χ3n) is 3.03. The van der Waals surface area contributed by atoms with E-state index in [1.165, 1.54) is 6.07 Å². The van der Waals surface area contributed by atoms with Gasteiger partial charge in [0, 0.05) is 6.54 Å². The van der Waals surface area contributed by atoms with Crippen molar-refractivity contribution in [2.75, 3.05) is 0 Å². The number of benzene rings is 2. The molecule has 21 heavy (non-hydrogen) atoms. The molecule has 0 saturated carbocycles. The topological polar surface area (TPSA) is 35.8 Å². The highest BCUT2D eigenvalue weighted by atomic mass is 19.4. The van der Waals surface area contributed by atoms with E-state index in [0.29, 0.717) is 5.56 Å². The van der Waals surface area contributed by atoms with E-state index in [0.717, 1.165) is 17.7 Å². The number of rotatable bonds is 4. The minimum atomic E-state index is -4.36. The van der Waals surface area contributed by atoms with Crippen molar-refractivity contribution in [3.63, 3.8) is 0 Å². The Morgan fingerprint density at radius 2 is 1.76 bits per heavy atom. The van der Waals surface area contributed by atoms with Gasteiger partial charge >= 0.3 is 6.18 Å². The first-order valence-corrected chi connectivity index (χ1v) is 6.35. The number of hydrogen-bond donors (Lipinski definition) is 1. The van der Waals surface area contributed by atoms with E-state index in [2.05, 4.69) is 11.4 Å². The molecule has 0 spiro atoms. The van der Waals surface area contributed by atoms with Crippen LogP contribution in [0.4, 0.5) is 13.2 Å². The van der Waals surface area contributed by atoms with Crippen LogP contribution in [0.15, 0.2) is 54.6 Å². The first kappa shape index (κ1) is 15.1. The maximum atomic E-state index is 12.6. The fraction of sp³-hybridized carbons (Fsp3) is 0.188. The quantitative estimate of drug-likeness (QED) is 0.921. The molecule has 0 fully saturated rings. The second kappa shape index (κ2) is 6.42. The summed E-state index contributed by atoms with van der Waals surface area (Å²) in [6.07, 6.45) is -4.36. The standard InChI is InChI=1S/C16H13F3N2/c17-16(18,19)14-8-4-5-12(9-14)11-21-15(10-20)13-6-2-1-3-7-13/h1-9,15,21H,11H2. The summed E-state index contributed by atoms with van der Waals surface area (Å²) >= 11 is 0. The summed E-state index contributed by atoms with van der Waals surface area (Å²) in [7, 11) is 0. The Morgan fingerprint density at radius 3 is 2.38 bits per heavy atom. The molecule has 0 amide bonds. The van der Waals surface area contributed by atoms with E-state index in [4.69, 9.17) is 5.26 Å². The minimum absolute atomic E-state index is 0.192. The van der Waals surface area contributed by atoms with Gasteiger partial charge < -0.3 is 0 Å². The minimum Gasteiger partial charge on any atom is -0.294 e. The lowest BCUT2D eigenvalue weighted by Gasteiger charge is -2.13. The van der Waals surface area contributed by atoms with Gasteiger partial charge in [0.1, 0.15) is 6.04 Å². The average molecular weight is 290 g/mol. The van der Waals surface area contributed by atoms with Crippen LogP contribution in [0.25, 0.3) is 0 Å². The van der Waals surface area contributed by atoms with Crippen LogP contribution in [0, 0.1) is 11.3 Å². The summed E-state index contributed by atoms with van der Waals surface area (Å²) in [5.41, 5.74) is 0.586. The molecule has 0 aromatic heterocycles. The Balaban J connectivity index is 2.08. The third kappa shape index (κ3) is 4.07. The number of nitrogens with zero attached hydrogens (tertiary/aromatic N) is 1. The first-order valence-electron chi connectivity index (χ1n) is 6.35. The fourth-order valence-electron chi connectivity index (χ4n) is 1.96. The molecule has 1 N–H and O–H groups in total. The zero-order chi connectivity index (χ0) is 15.3. The van der Waals surface area contributed by atoms with Crippen molar-refractivity contribution in [2.45, 2.75) is 18.8 Å². The molecular weight excluding hydrogens is 277 g/mol. The molecule has 0 bridgehead atoms. The molecular formula is C16H13F3N2. The lowest BCUT2D eigenvalue weighted by Crippen LogP contribution is -2.19. The van der Waals surface area contributed by atoms with Gasteiger partial charge in [-0.1, -0.05) is 48.5 Å². The Morgan fingerprint density at radius 1 is 1.05 bits per heavy atom. The van der Waals surface area contributed by atoms with Gasteiger partial charge in [-0.2, -0.15) is 18.4 Å². The van der Waals surface area contributed by atoms with Crippen LogP contribution in [0.1, 0.15) is 22.7 Å². The summed E-state index contributed by atoms with van der Waals surface area (Å²) in [5.74, 6) is 0. The summed E-state index contributed by atoms with van der Waals surface area (Å²) in [6.45, 7) is 0.192.